The molecule has 2 amide bonds. The van der Waals surface area contributed by atoms with Crippen molar-refractivity contribution in [3.63, 3.8) is 0 Å². The maximum atomic E-state index is 13.3. The Labute approximate surface area is 204 Å². The van der Waals surface area contributed by atoms with Crippen LogP contribution in [-0.4, -0.2) is 45.0 Å². The number of thiocarbonyl (C=S) groups is 1. The number of nitrogens with zero attached hydrogens (tertiary/aromatic N) is 4. The first-order valence-corrected chi connectivity index (χ1v) is 10.7. The molecule has 2 aromatic carbocycles. The van der Waals surface area contributed by atoms with E-state index in [9.17, 15) is 24.5 Å². The van der Waals surface area contributed by atoms with Crippen molar-refractivity contribution in [3.05, 3.63) is 87.7 Å². The van der Waals surface area contributed by atoms with Gasteiger partial charge < -0.3 is 4.74 Å². The molecule has 1 fully saturated rings. The monoisotopic (exact) mass is 491 g/mol. The molecule has 4 rings (SSSR count). The molecule has 0 bridgehead atoms. The Kier molecular flexibility index (Phi) is 6.46. The van der Waals surface area contributed by atoms with Gasteiger partial charge in [0.05, 0.1) is 22.8 Å². The molecular weight excluding hydrogens is 474 g/mol. The molecule has 176 valence electrons. The number of para-hydroxylation sites is 1. The molecule has 0 saturated carbocycles. The van der Waals surface area contributed by atoms with Gasteiger partial charge in [0, 0.05) is 18.3 Å². The average Bonchev–Trinajstić information content (AvgIpc) is 3.31. The number of carbonyl (C=O) groups is 3. The van der Waals surface area contributed by atoms with Gasteiger partial charge in [0.1, 0.15) is 5.70 Å². The number of hydrogen-bond donors (Lipinski definition) is 1. The van der Waals surface area contributed by atoms with Crippen molar-refractivity contribution in [2.75, 3.05) is 11.6 Å². The maximum absolute atomic E-state index is 13.3. The van der Waals surface area contributed by atoms with E-state index in [-0.39, 0.29) is 34.4 Å². The number of nitrogens with one attached hydrogen (secondary N) is 1. The zero-order chi connectivity index (χ0) is 25.1. The van der Waals surface area contributed by atoms with Crippen LogP contribution in [0.1, 0.15) is 12.5 Å². The zero-order valence-electron chi connectivity index (χ0n) is 18.2. The Hall–Kier alpha value is -4.71. The normalized spacial score (nSPS) is 17.7. The summed E-state index contributed by atoms with van der Waals surface area (Å²) in [4.78, 5) is 50.2. The third kappa shape index (κ3) is 4.68. The number of hydrazone groups is 1. The lowest BCUT2D eigenvalue weighted by atomic mass is 10.1. The summed E-state index contributed by atoms with van der Waals surface area (Å²) in [5.41, 5.74) is 0.228. The summed E-state index contributed by atoms with van der Waals surface area (Å²) in [5, 5.41) is 18.7. The lowest BCUT2D eigenvalue weighted by Gasteiger charge is -2.14. The molecule has 0 aliphatic carbocycles. The lowest BCUT2D eigenvalue weighted by molar-refractivity contribution is -0.384. The SMILES string of the molecule is CCOC(=O)C1=NN(c2ccccc2)C(=O)/C1=C\N1C(=S)NC(=O)/C1=C/c1cccc([N+](=O)[O-])c1. The van der Waals surface area contributed by atoms with Crippen molar-refractivity contribution in [2.45, 2.75) is 6.92 Å². The largest absolute Gasteiger partial charge is 0.461 e. The second-order valence-electron chi connectivity index (χ2n) is 7.18. The number of nitro groups is 1. The lowest BCUT2D eigenvalue weighted by Crippen LogP contribution is -2.28. The molecule has 1 saturated heterocycles. The summed E-state index contributed by atoms with van der Waals surface area (Å²) in [6.45, 7) is 1.68. The minimum atomic E-state index is -0.820. The Morgan fingerprint density at radius 3 is 2.63 bits per heavy atom. The second kappa shape index (κ2) is 9.65. The number of amides is 2. The average molecular weight is 491 g/mol. The number of carbonyl (C=O) groups excluding carboxylic acids is 3. The van der Waals surface area contributed by atoms with Crippen molar-refractivity contribution < 1.29 is 24.0 Å². The molecular formula is C23H17N5O6S. The van der Waals surface area contributed by atoms with Gasteiger partial charge >= 0.3 is 5.97 Å². The summed E-state index contributed by atoms with van der Waals surface area (Å²) in [5.74, 6) is -2.03. The van der Waals surface area contributed by atoms with E-state index in [1.54, 1.807) is 43.3 Å². The van der Waals surface area contributed by atoms with Crippen molar-refractivity contribution in [1.82, 2.24) is 10.2 Å². The number of anilines is 1. The van der Waals surface area contributed by atoms with E-state index in [4.69, 9.17) is 17.0 Å². The van der Waals surface area contributed by atoms with E-state index < -0.39 is 22.7 Å². The van der Waals surface area contributed by atoms with Gasteiger partial charge in [-0.05, 0) is 42.9 Å². The van der Waals surface area contributed by atoms with Crippen molar-refractivity contribution in [3.8, 4) is 0 Å². The van der Waals surface area contributed by atoms with Crippen LogP contribution in [0.3, 0.4) is 0 Å². The summed E-state index contributed by atoms with van der Waals surface area (Å²) in [6.07, 6.45) is 2.61. The Morgan fingerprint density at radius 2 is 1.94 bits per heavy atom. The number of rotatable bonds is 6. The van der Waals surface area contributed by atoms with Crippen LogP contribution in [0, 0.1) is 10.1 Å². The van der Waals surface area contributed by atoms with E-state index in [0.717, 1.165) is 5.01 Å². The van der Waals surface area contributed by atoms with Gasteiger partial charge in [-0.15, -0.1) is 0 Å². The molecule has 0 atom stereocenters. The van der Waals surface area contributed by atoms with Gasteiger partial charge in [0.15, 0.2) is 10.8 Å². The minimum absolute atomic E-state index is 0.00262. The van der Waals surface area contributed by atoms with Crippen molar-refractivity contribution >= 4 is 58.3 Å². The van der Waals surface area contributed by atoms with Crippen LogP contribution in [0.15, 0.2) is 77.2 Å². The van der Waals surface area contributed by atoms with Crippen LogP contribution in [0.4, 0.5) is 11.4 Å². The van der Waals surface area contributed by atoms with Crippen LogP contribution in [0.2, 0.25) is 0 Å². The van der Waals surface area contributed by atoms with Gasteiger partial charge in [-0.3, -0.25) is 29.9 Å². The molecule has 35 heavy (non-hydrogen) atoms. The van der Waals surface area contributed by atoms with Crippen LogP contribution < -0.4 is 10.3 Å². The van der Waals surface area contributed by atoms with E-state index >= 15 is 0 Å². The highest BCUT2D eigenvalue weighted by molar-refractivity contribution is 7.80. The van der Waals surface area contributed by atoms with Gasteiger partial charge in [-0.2, -0.15) is 10.1 Å². The van der Waals surface area contributed by atoms with Crippen LogP contribution in [-0.2, 0) is 19.1 Å². The summed E-state index contributed by atoms with van der Waals surface area (Å²) in [6, 6.07) is 14.1. The van der Waals surface area contributed by atoms with Gasteiger partial charge in [-0.1, -0.05) is 30.3 Å². The Morgan fingerprint density at radius 1 is 1.20 bits per heavy atom. The standard InChI is InChI=1S/C23H17N5O6S/c1-2-34-22(31)19-17(21(30)27(25-19)15-8-4-3-5-9-15)13-26-18(20(29)24-23(26)35)12-14-7-6-10-16(11-14)28(32)33/h3-13H,2H2,1H3,(H,24,29,35)/b17-13-,18-12-. The third-order valence-corrected chi connectivity index (χ3v) is 5.22. The number of benzene rings is 2. The molecule has 0 unspecified atom stereocenters. The first-order chi connectivity index (χ1) is 16.8. The fraction of sp³-hybridized carbons (Fsp3) is 0.0870. The molecule has 2 aliphatic rings. The van der Waals surface area contributed by atoms with Crippen LogP contribution >= 0.6 is 12.2 Å². The molecule has 11 nitrogen and oxygen atoms in total. The van der Waals surface area contributed by atoms with Gasteiger partial charge in [0.2, 0.25) is 0 Å². The number of esters is 1. The Balaban J connectivity index is 1.77. The molecule has 0 radical (unpaired) electrons. The fourth-order valence-corrected chi connectivity index (χ4v) is 3.59. The fourth-order valence-electron chi connectivity index (χ4n) is 3.34. The number of ether oxygens (including phenoxy) is 1. The summed E-state index contributed by atoms with van der Waals surface area (Å²) in [7, 11) is 0. The van der Waals surface area contributed by atoms with Crippen LogP contribution in [0.5, 0.6) is 0 Å². The predicted molar refractivity (Wildman–Crippen MR) is 130 cm³/mol. The van der Waals surface area contributed by atoms with E-state index in [2.05, 4.69) is 10.4 Å². The minimum Gasteiger partial charge on any atom is -0.461 e. The predicted octanol–water partition coefficient (Wildman–Crippen LogP) is 2.50. The zero-order valence-corrected chi connectivity index (χ0v) is 19.0. The molecule has 1 N–H and O–H groups in total. The molecule has 12 heteroatoms. The summed E-state index contributed by atoms with van der Waals surface area (Å²) >= 11 is 5.25. The molecule has 0 aromatic heterocycles. The van der Waals surface area contributed by atoms with Gasteiger partial charge in [-0.25, -0.2) is 4.79 Å². The maximum Gasteiger partial charge on any atom is 0.359 e. The number of non-ortho nitro benzene ring substituents is 1. The van der Waals surface area contributed by atoms with E-state index in [0.29, 0.717) is 11.3 Å². The highest BCUT2D eigenvalue weighted by atomic mass is 32.1. The molecule has 0 spiro atoms. The van der Waals surface area contributed by atoms with Crippen LogP contribution in [0.25, 0.3) is 6.08 Å². The highest BCUT2D eigenvalue weighted by Crippen LogP contribution is 2.27. The highest BCUT2D eigenvalue weighted by Gasteiger charge is 2.39. The molecule has 2 aliphatic heterocycles. The summed E-state index contributed by atoms with van der Waals surface area (Å²) < 4.78 is 5.06. The quantitative estimate of drug-likeness (QED) is 0.214. The number of nitro benzene ring substituents is 1. The topological polar surface area (TPSA) is 134 Å². The van der Waals surface area contributed by atoms with E-state index in [1.807, 2.05) is 0 Å². The molecule has 2 heterocycles. The van der Waals surface area contributed by atoms with Crippen molar-refractivity contribution in [2.24, 2.45) is 5.10 Å². The Bertz CT molecular complexity index is 1350. The number of hydrogen-bond acceptors (Lipinski definition) is 8. The smallest absolute Gasteiger partial charge is 0.359 e. The first-order valence-electron chi connectivity index (χ1n) is 10.3. The van der Waals surface area contributed by atoms with Crippen molar-refractivity contribution in [1.29, 1.82) is 0 Å². The second-order valence-corrected chi connectivity index (χ2v) is 7.56. The first kappa shape index (κ1) is 23.4. The van der Waals surface area contributed by atoms with E-state index in [1.165, 1.54) is 35.4 Å². The van der Waals surface area contributed by atoms with Gasteiger partial charge in [0.25, 0.3) is 17.5 Å². The molecule has 2 aromatic rings. The third-order valence-electron chi connectivity index (χ3n) is 4.92.